The molecule has 0 spiro atoms. The van der Waals surface area contributed by atoms with Crippen molar-refractivity contribution in [2.75, 3.05) is 12.3 Å². The minimum Gasteiger partial charge on any atom is -0.309 e. The molecule has 0 aromatic carbocycles. The van der Waals surface area contributed by atoms with Crippen molar-refractivity contribution in [3.63, 3.8) is 0 Å². The molecule has 0 radical (unpaired) electrons. The molecule has 104 valence electrons. The van der Waals surface area contributed by atoms with Crippen LogP contribution >= 0.6 is 11.8 Å². The quantitative estimate of drug-likeness (QED) is 0.822. The van der Waals surface area contributed by atoms with Crippen molar-refractivity contribution in [2.24, 2.45) is 0 Å². The third-order valence-corrected chi connectivity index (χ3v) is 4.01. The predicted octanol–water partition coefficient (Wildman–Crippen LogP) is 3.48. The topological polar surface area (TPSA) is 29.9 Å². The van der Waals surface area contributed by atoms with E-state index in [2.05, 4.69) is 51.2 Å². The zero-order chi connectivity index (χ0) is 13.6. The molecule has 1 N–H and O–H groups in total. The first kappa shape index (κ1) is 15.6. The number of nitrogens with one attached hydrogen (secondary N) is 1. The Kier molecular flexibility index (Phi) is 6.22. The monoisotopic (exact) mass is 269 g/mol. The van der Waals surface area contributed by atoms with E-state index in [4.69, 9.17) is 0 Å². The minimum absolute atomic E-state index is 0.313. The summed E-state index contributed by atoms with van der Waals surface area (Å²) in [4.78, 5) is 0. The molecule has 3 nitrogen and oxygen atoms in total. The lowest BCUT2D eigenvalue weighted by atomic mass is 10.2. The second-order valence-corrected chi connectivity index (χ2v) is 7.42. The Bertz CT molecular complexity index is 341. The van der Waals surface area contributed by atoms with Gasteiger partial charge in [0.15, 0.2) is 0 Å². The van der Waals surface area contributed by atoms with E-state index in [0.717, 1.165) is 25.3 Å². The fourth-order valence-corrected chi connectivity index (χ4v) is 2.74. The van der Waals surface area contributed by atoms with Gasteiger partial charge in [-0.25, -0.2) is 0 Å². The van der Waals surface area contributed by atoms with E-state index in [1.807, 2.05) is 22.6 Å². The molecule has 4 heteroatoms. The smallest absolute Gasteiger partial charge is 0.0537 e. The molecule has 0 saturated heterocycles. The van der Waals surface area contributed by atoms with E-state index < -0.39 is 0 Å². The molecule has 1 aromatic heterocycles. The van der Waals surface area contributed by atoms with Gasteiger partial charge in [-0.3, -0.25) is 4.68 Å². The number of hydrogen-bond donors (Lipinski definition) is 1. The molecular formula is C14H27N3S. The molecule has 1 heterocycles. The Morgan fingerprint density at radius 3 is 2.67 bits per heavy atom. The number of aryl methyl sites for hydroxylation is 1. The maximum atomic E-state index is 4.42. The van der Waals surface area contributed by atoms with Crippen LogP contribution in [-0.4, -0.2) is 26.8 Å². The fraction of sp³-hybridized carbons (Fsp3) is 0.786. The van der Waals surface area contributed by atoms with Gasteiger partial charge < -0.3 is 5.32 Å². The molecule has 18 heavy (non-hydrogen) atoms. The van der Waals surface area contributed by atoms with E-state index in [1.165, 1.54) is 5.56 Å². The lowest BCUT2D eigenvalue weighted by Crippen LogP contribution is -2.24. The second kappa shape index (κ2) is 7.19. The number of rotatable bonds is 7. The van der Waals surface area contributed by atoms with Crippen LogP contribution < -0.4 is 5.32 Å². The van der Waals surface area contributed by atoms with Gasteiger partial charge >= 0.3 is 0 Å². The van der Waals surface area contributed by atoms with Crippen LogP contribution in [-0.2, 0) is 6.54 Å². The van der Waals surface area contributed by atoms with Crippen molar-refractivity contribution >= 4 is 11.8 Å². The Balaban J connectivity index is 2.64. The first-order valence-corrected chi connectivity index (χ1v) is 7.84. The minimum atomic E-state index is 0.313. The summed E-state index contributed by atoms with van der Waals surface area (Å²) < 4.78 is 2.36. The predicted molar refractivity (Wildman–Crippen MR) is 81.1 cm³/mol. The molecule has 0 aliphatic carbocycles. The molecule has 0 aliphatic rings. The third kappa shape index (κ3) is 5.44. The van der Waals surface area contributed by atoms with Crippen LogP contribution in [0.4, 0.5) is 0 Å². The van der Waals surface area contributed by atoms with Crippen LogP contribution in [0.2, 0.25) is 0 Å². The highest BCUT2D eigenvalue weighted by molar-refractivity contribution is 8.00. The number of thioether (sulfide) groups is 1. The number of aromatic nitrogens is 2. The fourth-order valence-electron chi connectivity index (χ4n) is 1.76. The SMILES string of the molecule is CCCn1cc(C(CSC(C)(C)C)NCC)cn1. The summed E-state index contributed by atoms with van der Waals surface area (Å²) in [5.74, 6) is 1.09. The lowest BCUT2D eigenvalue weighted by molar-refractivity contribution is 0.589. The maximum Gasteiger partial charge on any atom is 0.0537 e. The molecule has 1 aromatic rings. The van der Waals surface area contributed by atoms with Gasteiger partial charge in [-0.05, 0) is 13.0 Å². The van der Waals surface area contributed by atoms with E-state index in [0.29, 0.717) is 10.8 Å². The van der Waals surface area contributed by atoms with E-state index >= 15 is 0 Å². The average molecular weight is 269 g/mol. The van der Waals surface area contributed by atoms with Crippen LogP contribution in [0, 0.1) is 0 Å². The lowest BCUT2D eigenvalue weighted by Gasteiger charge is -2.22. The first-order chi connectivity index (χ1) is 8.46. The van der Waals surface area contributed by atoms with E-state index in [1.54, 1.807) is 0 Å². The molecule has 1 atom stereocenters. The first-order valence-electron chi connectivity index (χ1n) is 6.86. The Hall–Kier alpha value is -0.480. The standard InChI is InChI=1S/C14H27N3S/c1-6-8-17-10-12(9-16-17)13(15-7-2)11-18-14(3,4)5/h9-10,13,15H,6-8,11H2,1-5H3. The van der Waals surface area contributed by atoms with Crippen LogP contribution in [0.1, 0.15) is 52.6 Å². The van der Waals surface area contributed by atoms with Crippen molar-refractivity contribution in [3.05, 3.63) is 18.0 Å². The Labute approximate surface area is 116 Å². The molecule has 0 amide bonds. The van der Waals surface area contributed by atoms with Crippen LogP contribution in [0.5, 0.6) is 0 Å². The highest BCUT2D eigenvalue weighted by atomic mass is 32.2. The molecule has 0 bridgehead atoms. The van der Waals surface area contributed by atoms with Gasteiger partial charge in [-0.1, -0.05) is 34.6 Å². The number of hydrogen-bond acceptors (Lipinski definition) is 3. The zero-order valence-corrected chi connectivity index (χ0v) is 13.2. The summed E-state index contributed by atoms with van der Waals surface area (Å²) in [6.07, 6.45) is 5.32. The van der Waals surface area contributed by atoms with Crippen molar-refractivity contribution in [3.8, 4) is 0 Å². The van der Waals surface area contributed by atoms with E-state index in [-0.39, 0.29) is 0 Å². The number of nitrogens with zero attached hydrogens (tertiary/aromatic N) is 2. The van der Waals surface area contributed by atoms with Crippen LogP contribution in [0.25, 0.3) is 0 Å². The van der Waals surface area contributed by atoms with Crippen molar-refractivity contribution in [1.82, 2.24) is 15.1 Å². The molecule has 0 aliphatic heterocycles. The average Bonchev–Trinajstić information content (AvgIpc) is 2.72. The van der Waals surface area contributed by atoms with Crippen LogP contribution in [0.15, 0.2) is 12.4 Å². The Morgan fingerprint density at radius 1 is 1.39 bits per heavy atom. The molecular weight excluding hydrogens is 242 g/mol. The largest absolute Gasteiger partial charge is 0.309 e. The van der Waals surface area contributed by atoms with Crippen molar-refractivity contribution in [1.29, 1.82) is 0 Å². The molecule has 0 saturated carbocycles. The van der Waals surface area contributed by atoms with Gasteiger partial charge in [0, 0.05) is 34.8 Å². The Morgan fingerprint density at radius 2 is 2.11 bits per heavy atom. The summed E-state index contributed by atoms with van der Waals surface area (Å²) in [6, 6.07) is 0.407. The van der Waals surface area contributed by atoms with Gasteiger partial charge in [0.25, 0.3) is 0 Å². The van der Waals surface area contributed by atoms with Gasteiger partial charge in [-0.2, -0.15) is 16.9 Å². The second-order valence-electron chi connectivity index (χ2n) is 5.57. The summed E-state index contributed by atoms with van der Waals surface area (Å²) >= 11 is 2.00. The van der Waals surface area contributed by atoms with Crippen molar-refractivity contribution < 1.29 is 0 Å². The molecule has 0 fully saturated rings. The summed E-state index contributed by atoms with van der Waals surface area (Å²) in [5, 5.41) is 7.97. The highest BCUT2D eigenvalue weighted by Gasteiger charge is 2.17. The normalized spacial score (nSPS) is 13.8. The van der Waals surface area contributed by atoms with Gasteiger partial charge in [0.1, 0.15) is 0 Å². The van der Waals surface area contributed by atoms with Gasteiger partial charge in [0.2, 0.25) is 0 Å². The zero-order valence-electron chi connectivity index (χ0n) is 12.4. The van der Waals surface area contributed by atoms with Crippen LogP contribution in [0.3, 0.4) is 0 Å². The van der Waals surface area contributed by atoms with Crippen molar-refractivity contribution in [2.45, 2.75) is 58.4 Å². The van der Waals surface area contributed by atoms with E-state index in [9.17, 15) is 0 Å². The summed E-state index contributed by atoms with van der Waals surface area (Å²) in [7, 11) is 0. The molecule has 1 rings (SSSR count). The highest BCUT2D eigenvalue weighted by Crippen LogP contribution is 2.28. The summed E-state index contributed by atoms with van der Waals surface area (Å²) in [6.45, 7) is 13.1. The molecule has 1 unspecified atom stereocenters. The maximum absolute atomic E-state index is 4.42. The summed E-state index contributed by atoms with van der Waals surface area (Å²) in [5.41, 5.74) is 1.31. The third-order valence-electron chi connectivity index (χ3n) is 2.64. The van der Waals surface area contributed by atoms with Gasteiger partial charge in [-0.15, -0.1) is 0 Å². The van der Waals surface area contributed by atoms with Gasteiger partial charge in [0.05, 0.1) is 6.20 Å².